The Morgan fingerprint density at radius 1 is 1.06 bits per heavy atom. The number of hydrogen-bond acceptors (Lipinski definition) is 3. The van der Waals surface area contributed by atoms with Crippen LogP contribution in [0.5, 0.6) is 0 Å². The second-order valence-electron chi connectivity index (χ2n) is 4.13. The van der Waals surface area contributed by atoms with Crippen LogP contribution >= 0.6 is 0 Å². The van der Waals surface area contributed by atoms with Crippen molar-refractivity contribution < 1.29 is 9.90 Å². The van der Waals surface area contributed by atoms with Crippen LogP contribution in [0.1, 0.15) is 15.9 Å². The Balaban J connectivity index is 2.66. The van der Waals surface area contributed by atoms with E-state index in [1.807, 2.05) is 12.1 Å². The zero-order valence-electron chi connectivity index (χ0n) is 9.97. The highest BCUT2D eigenvalue weighted by atomic mass is 16.4. The molecule has 0 aliphatic carbocycles. The Labute approximate surface area is 105 Å². The molecular formula is C14H14N2O2. The number of benzene rings is 2. The predicted molar refractivity (Wildman–Crippen MR) is 72.4 cm³/mol. The van der Waals surface area contributed by atoms with Crippen LogP contribution in [0.15, 0.2) is 36.4 Å². The molecule has 4 nitrogen and oxygen atoms in total. The molecule has 0 atom stereocenters. The number of carbonyl (C=O) groups is 1. The molecular weight excluding hydrogens is 228 g/mol. The highest BCUT2D eigenvalue weighted by molar-refractivity contribution is 5.94. The number of aromatic carboxylic acids is 1. The first kappa shape index (κ1) is 12.0. The first-order valence-corrected chi connectivity index (χ1v) is 5.49. The monoisotopic (exact) mass is 242 g/mol. The zero-order valence-corrected chi connectivity index (χ0v) is 9.97. The third-order valence-electron chi connectivity index (χ3n) is 2.93. The van der Waals surface area contributed by atoms with Gasteiger partial charge >= 0.3 is 5.97 Å². The number of nitrogen functional groups attached to an aromatic ring is 2. The fraction of sp³-hybridized carbons (Fsp3) is 0.0714. The second kappa shape index (κ2) is 4.41. The largest absolute Gasteiger partial charge is 0.478 e. The molecule has 92 valence electrons. The summed E-state index contributed by atoms with van der Waals surface area (Å²) >= 11 is 0. The van der Waals surface area contributed by atoms with E-state index in [0.717, 1.165) is 11.1 Å². The molecule has 0 aliphatic heterocycles. The molecule has 0 unspecified atom stereocenters. The van der Waals surface area contributed by atoms with Gasteiger partial charge in [-0.05, 0) is 42.3 Å². The number of carboxylic acid groups (broad SMARTS) is 1. The third kappa shape index (κ3) is 2.00. The minimum absolute atomic E-state index is 0.260. The van der Waals surface area contributed by atoms with Crippen LogP contribution in [0.2, 0.25) is 0 Å². The van der Waals surface area contributed by atoms with Gasteiger partial charge in [-0.15, -0.1) is 0 Å². The lowest BCUT2D eigenvalue weighted by Crippen LogP contribution is -2.03. The van der Waals surface area contributed by atoms with Gasteiger partial charge in [-0.3, -0.25) is 0 Å². The van der Waals surface area contributed by atoms with Crippen LogP contribution in [0, 0.1) is 6.92 Å². The molecule has 0 aliphatic rings. The molecule has 0 heterocycles. The molecule has 5 N–H and O–H groups in total. The van der Waals surface area contributed by atoms with Gasteiger partial charge < -0.3 is 16.6 Å². The summed E-state index contributed by atoms with van der Waals surface area (Å²) in [6.07, 6.45) is 0. The molecule has 0 saturated carbocycles. The molecule has 0 saturated heterocycles. The summed E-state index contributed by atoms with van der Waals surface area (Å²) in [6.45, 7) is 1.76. The summed E-state index contributed by atoms with van der Waals surface area (Å²) in [5.74, 6) is -0.954. The molecule has 2 aromatic carbocycles. The van der Waals surface area contributed by atoms with Crippen molar-refractivity contribution in [3.05, 3.63) is 47.5 Å². The highest BCUT2D eigenvalue weighted by Crippen LogP contribution is 2.32. The van der Waals surface area contributed by atoms with Gasteiger partial charge in [0.15, 0.2) is 0 Å². The summed E-state index contributed by atoms with van der Waals surface area (Å²) in [7, 11) is 0. The molecule has 0 spiro atoms. The smallest absolute Gasteiger partial charge is 0.335 e. The molecule has 0 radical (unpaired) electrons. The van der Waals surface area contributed by atoms with Crippen molar-refractivity contribution in [1.82, 2.24) is 0 Å². The maximum Gasteiger partial charge on any atom is 0.335 e. The normalized spacial score (nSPS) is 10.3. The van der Waals surface area contributed by atoms with E-state index in [9.17, 15) is 4.79 Å². The van der Waals surface area contributed by atoms with E-state index in [4.69, 9.17) is 16.6 Å². The maximum absolute atomic E-state index is 11.1. The Morgan fingerprint density at radius 3 is 2.22 bits per heavy atom. The second-order valence-corrected chi connectivity index (χ2v) is 4.13. The summed E-state index contributed by atoms with van der Waals surface area (Å²) in [5.41, 5.74) is 15.3. The third-order valence-corrected chi connectivity index (χ3v) is 2.93. The lowest BCUT2D eigenvalue weighted by atomic mass is 9.94. The molecule has 2 rings (SSSR count). The number of hydrogen-bond donors (Lipinski definition) is 3. The SMILES string of the molecule is Cc1c(C(=O)O)ccc(N)c1-c1ccc(N)cc1. The van der Waals surface area contributed by atoms with Gasteiger partial charge in [-0.1, -0.05) is 12.1 Å². The van der Waals surface area contributed by atoms with E-state index in [-0.39, 0.29) is 5.56 Å². The average molecular weight is 242 g/mol. The van der Waals surface area contributed by atoms with Crippen LogP contribution in [0.4, 0.5) is 11.4 Å². The Bertz CT molecular complexity index is 604. The number of carboxylic acids is 1. The maximum atomic E-state index is 11.1. The van der Waals surface area contributed by atoms with Crippen molar-refractivity contribution in [2.75, 3.05) is 11.5 Å². The van der Waals surface area contributed by atoms with Gasteiger partial charge in [0.1, 0.15) is 0 Å². The van der Waals surface area contributed by atoms with Crippen LogP contribution in [-0.2, 0) is 0 Å². The predicted octanol–water partition coefficient (Wildman–Crippen LogP) is 2.52. The topological polar surface area (TPSA) is 89.3 Å². The molecule has 0 bridgehead atoms. The van der Waals surface area contributed by atoms with Crippen LogP contribution in [0.25, 0.3) is 11.1 Å². The fourth-order valence-corrected chi connectivity index (χ4v) is 2.00. The van der Waals surface area contributed by atoms with Gasteiger partial charge in [-0.2, -0.15) is 0 Å². The van der Waals surface area contributed by atoms with Gasteiger partial charge in [-0.25, -0.2) is 4.79 Å². The van der Waals surface area contributed by atoms with E-state index >= 15 is 0 Å². The van der Waals surface area contributed by atoms with Crippen LogP contribution in [-0.4, -0.2) is 11.1 Å². The molecule has 2 aromatic rings. The first-order chi connectivity index (χ1) is 8.50. The number of anilines is 2. The van der Waals surface area contributed by atoms with Gasteiger partial charge in [0, 0.05) is 16.9 Å². The quantitative estimate of drug-likeness (QED) is 0.706. The average Bonchev–Trinajstić information content (AvgIpc) is 2.31. The number of rotatable bonds is 2. The first-order valence-electron chi connectivity index (χ1n) is 5.49. The minimum Gasteiger partial charge on any atom is -0.478 e. The molecule has 0 fully saturated rings. The zero-order chi connectivity index (χ0) is 13.3. The molecule has 0 amide bonds. The van der Waals surface area contributed by atoms with E-state index in [1.165, 1.54) is 6.07 Å². The van der Waals surface area contributed by atoms with E-state index in [2.05, 4.69) is 0 Å². The minimum atomic E-state index is -0.954. The van der Waals surface area contributed by atoms with Crippen molar-refractivity contribution in [2.45, 2.75) is 6.92 Å². The summed E-state index contributed by atoms with van der Waals surface area (Å²) in [4.78, 5) is 11.1. The standard InChI is InChI=1S/C14H14N2O2/c1-8-11(14(17)18)6-7-12(16)13(8)9-2-4-10(15)5-3-9/h2-7H,15-16H2,1H3,(H,17,18). The van der Waals surface area contributed by atoms with E-state index in [1.54, 1.807) is 25.1 Å². The summed E-state index contributed by atoms with van der Waals surface area (Å²) in [6, 6.07) is 10.3. The molecule has 0 aromatic heterocycles. The summed E-state index contributed by atoms with van der Waals surface area (Å²) in [5, 5.41) is 9.11. The Kier molecular flexibility index (Phi) is 2.93. The fourth-order valence-electron chi connectivity index (χ4n) is 2.00. The number of nitrogens with two attached hydrogens (primary N) is 2. The lowest BCUT2D eigenvalue weighted by molar-refractivity contribution is 0.0696. The summed E-state index contributed by atoms with van der Waals surface area (Å²) < 4.78 is 0. The van der Waals surface area contributed by atoms with Crippen molar-refractivity contribution in [3.8, 4) is 11.1 Å². The van der Waals surface area contributed by atoms with Crippen molar-refractivity contribution in [3.63, 3.8) is 0 Å². The van der Waals surface area contributed by atoms with E-state index < -0.39 is 5.97 Å². The molecule has 4 heteroatoms. The highest BCUT2D eigenvalue weighted by Gasteiger charge is 2.14. The molecule has 18 heavy (non-hydrogen) atoms. The van der Waals surface area contributed by atoms with Crippen molar-refractivity contribution >= 4 is 17.3 Å². The Hall–Kier alpha value is -2.49. The Morgan fingerprint density at radius 2 is 1.67 bits per heavy atom. The van der Waals surface area contributed by atoms with Crippen LogP contribution in [0.3, 0.4) is 0 Å². The van der Waals surface area contributed by atoms with Gasteiger partial charge in [0.25, 0.3) is 0 Å². The van der Waals surface area contributed by atoms with Crippen molar-refractivity contribution in [2.24, 2.45) is 0 Å². The van der Waals surface area contributed by atoms with Crippen LogP contribution < -0.4 is 11.5 Å². The van der Waals surface area contributed by atoms with Gasteiger partial charge in [0.2, 0.25) is 0 Å². The van der Waals surface area contributed by atoms with Gasteiger partial charge in [0.05, 0.1) is 5.56 Å². The van der Waals surface area contributed by atoms with Crippen molar-refractivity contribution in [1.29, 1.82) is 0 Å². The van der Waals surface area contributed by atoms with E-state index in [0.29, 0.717) is 16.9 Å². The lowest BCUT2D eigenvalue weighted by Gasteiger charge is -2.12.